The lowest BCUT2D eigenvalue weighted by Gasteiger charge is -2.21. The Labute approximate surface area is 149 Å². The van der Waals surface area contributed by atoms with Crippen LogP contribution in [0.2, 0.25) is 0 Å². The van der Waals surface area contributed by atoms with E-state index in [2.05, 4.69) is 11.2 Å². The quantitative estimate of drug-likeness (QED) is 0.654. The molecular weight excluding hydrogens is 373 g/mol. The molecule has 0 saturated carbocycles. The maximum atomic E-state index is 13.3. The van der Waals surface area contributed by atoms with Crippen molar-refractivity contribution in [2.75, 3.05) is 11.9 Å². The van der Waals surface area contributed by atoms with Gasteiger partial charge in [0, 0.05) is 11.8 Å². The van der Waals surface area contributed by atoms with Crippen molar-refractivity contribution < 1.29 is 21.1 Å². The van der Waals surface area contributed by atoms with E-state index in [0.29, 0.717) is 23.8 Å². The van der Waals surface area contributed by atoms with Gasteiger partial charge < -0.3 is 20.5 Å². The highest BCUT2D eigenvalue weighted by atomic mass is 32.4. The first-order valence-corrected chi connectivity index (χ1v) is 9.44. The smallest absolute Gasteiger partial charge is 0.169 e. The minimum Gasteiger partial charge on any atom is -0.490 e. The summed E-state index contributed by atoms with van der Waals surface area (Å²) in [4.78, 5) is -0.759. The molecule has 2 rings (SSSR count). The predicted molar refractivity (Wildman–Crippen MR) is 101 cm³/mol. The summed E-state index contributed by atoms with van der Waals surface area (Å²) in [5.74, 6) is 3.39. The third kappa shape index (κ3) is 5.36. The van der Waals surface area contributed by atoms with Crippen LogP contribution in [0.5, 0.6) is 17.2 Å². The van der Waals surface area contributed by atoms with Gasteiger partial charge in [-0.05, 0) is 61.4 Å². The van der Waals surface area contributed by atoms with Gasteiger partial charge in [0.1, 0.15) is 5.75 Å². The number of nitrogens with one attached hydrogen (secondary N) is 1. The first kappa shape index (κ1) is 19.1. The van der Waals surface area contributed by atoms with Crippen LogP contribution in [-0.4, -0.2) is 17.6 Å². The fourth-order valence-electron chi connectivity index (χ4n) is 1.97. The second kappa shape index (κ2) is 6.93. The van der Waals surface area contributed by atoms with Crippen LogP contribution in [0.25, 0.3) is 0 Å². The van der Waals surface area contributed by atoms with Crippen molar-refractivity contribution in [3.63, 3.8) is 0 Å². The van der Waals surface area contributed by atoms with E-state index in [1.54, 1.807) is 25.1 Å². The van der Waals surface area contributed by atoms with Gasteiger partial charge in [-0.15, -0.1) is 11.7 Å². The molecule has 4 nitrogen and oxygen atoms in total. The molecule has 136 valence electrons. The van der Waals surface area contributed by atoms with Crippen LogP contribution in [-0.2, 0) is 0 Å². The van der Waals surface area contributed by atoms with E-state index in [-0.39, 0.29) is 10.9 Å². The second-order valence-corrected chi connectivity index (χ2v) is 7.70. The van der Waals surface area contributed by atoms with Crippen LogP contribution in [0.4, 0.5) is 17.3 Å². The highest BCUT2D eigenvalue weighted by Gasteiger charge is 2.29. The van der Waals surface area contributed by atoms with E-state index in [1.165, 1.54) is 12.1 Å². The summed E-state index contributed by atoms with van der Waals surface area (Å²) < 4.78 is 50.9. The maximum absolute atomic E-state index is 13.3. The third-order valence-corrected chi connectivity index (χ3v) is 4.24. The zero-order chi connectivity index (χ0) is 18.7. The van der Waals surface area contributed by atoms with Gasteiger partial charge in [-0.3, -0.25) is 0 Å². The van der Waals surface area contributed by atoms with Gasteiger partial charge >= 0.3 is 0 Å². The zero-order valence-electron chi connectivity index (χ0n) is 13.3. The first-order valence-electron chi connectivity index (χ1n) is 7.12. The van der Waals surface area contributed by atoms with Gasteiger partial charge in [0.15, 0.2) is 26.5 Å². The molecule has 0 bridgehead atoms. The molecule has 25 heavy (non-hydrogen) atoms. The van der Waals surface area contributed by atoms with E-state index < -0.39 is 14.8 Å². The molecule has 9 heteroatoms. The van der Waals surface area contributed by atoms with Crippen LogP contribution in [0, 0.1) is 0 Å². The van der Waals surface area contributed by atoms with E-state index in [0.717, 1.165) is 12.1 Å². The van der Waals surface area contributed by atoms with Gasteiger partial charge in [-0.25, -0.2) is 0 Å². The number of ether oxygens (including phenoxy) is 2. The summed E-state index contributed by atoms with van der Waals surface area (Å²) in [6.07, 6.45) is 0. The molecule has 3 N–H and O–H groups in total. The number of hydrogen-bond donors (Lipinski definition) is 2. The number of thiocarbonyl (C=S) groups is 1. The molecule has 0 heterocycles. The molecule has 0 aromatic heterocycles. The summed E-state index contributed by atoms with van der Waals surface area (Å²) in [5.41, 5.74) is 6.03. The Morgan fingerprint density at radius 1 is 1.16 bits per heavy atom. The molecule has 0 aliphatic rings. The van der Waals surface area contributed by atoms with Crippen molar-refractivity contribution in [1.82, 2.24) is 0 Å². The zero-order valence-corrected chi connectivity index (χ0v) is 14.9. The van der Waals surface area contributed by atoms with E-state index in [4.69, 9.17) is 27.4 Å². The highest BCUT2D eigenvalue weighted by Crippen LogP contribution is 2.68. The average Bonchev–Trinajstić information content (AvgIpc) is 2.48. The molecule has 0 amide bonds. The Balaban J connectivity index is 2.27. The predicted octanol–water partition coefficient (Wildman–Crippen LogP) is 5.32. The Hall–Kier alpha value is -2.26. The molecule has 0 fully saturated rings. The molecule has 2 aromatic carbocycles. The summed E-state index contributed by atoms with van der Waals surface area (Å²) in [5, 5.41) is 2.87. The van der Waals surface area contributed by atoms with Crippen LogP contribution in [0.1, 0.15) is 6.92 Å². The Bertz CT molecular complexity index is 840. The molecular formula is C16H17F3N2O2S2. The largest absolute Gasteiger partial charge is 0.490 e. The van der Waals surface area contributed by atoms with Gasteiger partial charge in [0.25, 0.3) is 0 Å². The van der Waals surface area contributed by atoms with Crippen LogP contribution < -0.4 is 20.5 Å². The third-order valence-electron chi connectivity index (χ3n) is 3.00. The minimum absolute atomic E-state index is 0.101. The lowest BCUT2D eigenvalue weighted by atomic mass is 10.2. The summed E-state index contributed by atoms with van der Waals surface area (Å²) in [7, 11) is -6.27. The molecule has 0 radical (unpaired) electrons. The average molecular weight is 390 g/mol. The van der Waals surface area contributed by atoms with Crippen LogP contribution in [0.3, 0.4) is 0 Å². The van der Waals surface area contributed by atoms with Crippen LogP contribution in [0.15, 0.2) is 47.4 Å². The van der Waals surface area contributed by atoms with Gasteiger partial charge in [-0.1, -0.05) is 0 Å². The molecule has 0 saturated heterocycles. The molecule has 0 aliphatic heterocycles. The van der Waals surface area contributed by atoms with Crippen molar-refractivity contribution >= 4 is 38.8 Å². The standard InChI is InChI=1S/C16H17F3N2O2S2/c1-3-22-15-10-11(21-16(20)24)4-9-14(15)23-12-5-7-13(8-6-12)25(2,17,18)19/h4-10H,2-3H2,1H3,(H3,20,21,24). The van der Waals surface area contributed by atoms with E-state index >= 15 is 0 Å². The summed E-state index contributed by atoms with van der Waals surface area (Å²) in [6.45, 7) is 2.18. The number of rotatable bonds is 6. The molecule has 2 aromatic rings. The Morgan fingerprint density at radius 3 is 2.32 bits per heavy atom. The molecule has 0 unspecified atom stereocenters. The number of hydrogen-bond acceptors (Lipinski definition) is 3. The Kier molecular flexibility index (Phi) is 5.28. The molecule has 0 spiro atoms. The van der Waals surface area contributed by atoms with Crippen molar-refractivity contribution in [2.45, 2.75) is 11.8 Å². The van der Waals surface area contributed by atoms with Crippen molar-refractivity contribution in [3.05, 3.63) is 42.5 Å². The SMILES string of the molecule is C=S(F)(F)(F)c1ccc(Oc2ccc(NC(N)=S)cc2OCC)cc1. The van der Waals surface area contributed by atoms with Crippen molar-refractivity contribution in [1.29, 1.82) is 0 Å². The minimum atomic E-state index is -6.27. The normalized spacial score (nSPS) is 12.7. The topological polar surface area (TPSA) is 56.5 Å². The summed E-state index contributed by atoms with van der Waals surface area (Å²) >= 11 is 4.77. The first-order chi connectivity index (χ1) is 11.5. The number of halogens is 3. The number of benzene rings is 2. The van der Waals surface area contributed by atoms with Gasteiger partial charge in [0.05, 0.1) is 11.5 Å². The van der Waals surface area contributed by atoms with Crippen molar-refractivity contribution in [3.8, 4) is 17.2 Å². The van der Waals surface area contributed by atoms with E-state index in [1.807, 2.05) is 0 Å². The lowest BCUT2D eigenvalue weighted by Crippen LogP contribution is -2.18. The Morgan fingerprint density at radius 2 is 1.80 bits per heavy atom. The molecule has 0 aliphatic carbocycles. The maximum Gasteiger partial charge on any atom is 0.169 e. The van der Waals surface area contributed by atoms with Crippen molar-refractivity contribution in [2.24, 2.45) is 5.73 Å². The lowest BCUT2D eigenvalue weighted by molar-refractivity contribution is 0.321. The molecule has 0 atom stereocenters. The van der Waals surface area contributed by atoms with Crippen LogP contribution >= 0.6 is 22.1 Å². The fraction of sp³-hybridized carbons (Fsp3) is 0.125. The highest BCUT2D eigenvalue weighted by molar-refractivity contribution is 8.34. The van der Waals surface area contributed by atoms with Gasteiger partial charge in [0.2, 0.25) is 0 Å². The van der Waals surface area contributed by atoms with Gasteiger partial charge in [-0.2, -0.15) is 0 Å². The summed E-state index contributed by atoms with van der Waals surface area (Å²) in [6, 6.07) is 9.30. The monoisotopic (exact) mass is 390 g/mol. The number of nitrogens with two attached hydrogens (primary N) is 1. The fourth-order valence-corrected chi connectivity index (χ4v) is 2.72. The second-order valence-electron chi connectivity index (χ2n) is 5.04. The van der Waals surface area contributed by atoms with E-state index in [9.17, 15) is 11.7 Å². The number of anilines is 1.